The van der Waals surface area contributed by atoms with Crippen LogP contribution in [-0.4, -0.2) is 56.8 Å². The van der Waals surface area contributed by atoms with E-state index in [9.17, 15) is 0 Å². The number of ether oxygens (including phenoxy) is 1. The van der Waals surface area contributed by atoms with Gasteiger partial charge < -0.3 is 15.4 Å². The van der Waals surface area contributed by atoms with Gasteiger partial charge in [-0.1, -0.05) is 37.6 Å². The molecule has 0 amide bonds. The lowest BCUT2D eigenvalue weighted by Crippen LogP contribution is -2.48. The van der Waals surface area contributed by atoms with Crippen LogP contribution in [0.15, 0.2) is 29.3 Å². The fourth-order valence-corrected chi connectivity index (χ4v) is 3.03. The Kier molecular flexibility index (Phi) is 10.8. The lowest BCUT2D eigenvalue weighted by atomic mass is 10.0. The van der Waals surface area contributed by atoms with Crippen LogP contribution < -0.4 is 10.6 Å². The second kappa shape index (κ2) is 12.0. The minimum absolute atomic E-state index is 0. The summed E-state index contributed by atoms with van der Waals surface area (Å²) in [6, 6.07) is 8.71. The van der Waals surface area contributed by atoms with Gasteiger partial charge in [-0.2, -0.15) is 0 Å². The number of rotatable bonds is 6. The molecule has 1 aliphatic heterocycles. The van der Waals surface area contributed by atoms with E-state index in [4.69, 9.17) is 16.3 Å². The molecule has 1 aliphatic rings. The number of benzene rings is 1. The van der Waals surface area contributed by atoms with Crippen molar-refractivity contribution in [1.29, 1.82) is 0 Å². The predicted molar refractivity (Wildman–Crippen MR) is 121 cm³/mol. The molecule has 0 radical (unpaired) electrons. The Labute approximate surface area is 179 Å². The quantitative estimate of drug-likeness (QED) is 0.361. The zero-order valence-corrected chi connectivity index (χ0v) is 19.3. The third-order valence-corrected chi connectivity index (χ3v) is 5.01. The van der Waals surface area contributed by atoms with Crippen LogP contribution in [0.2, 0.25) is 5.02 Å². The molecule has 26 heavy (non-hydrogen) atoms. The second-order valence-electron chi connectivity index (χ2n) is 6.85. The van der Waals surface area contributed by atoms with Crippen molar-refractivity contribution in [3.63, 3.8) is 0 Å². The SMILES string of the molecule is CN=C(NCC(c1cccc(Cl)c1)N1CCOCC1)NC(C)C(C)C.I. The van der Waals surface area contributed by atoms with Gasteiger partial charge in [0.05, 0.1) is 19.3 Å². The van der Waals surface area contributed by atoms with Crippen LogP contribution in [0.5, 0.6) is 0 Å². The lowest BCUT2D eigenvalue weighted by molar-refractivity contribution is 0.0170. The van der Waals surface area contributed by atoms with E-state index in [0.717, 1.165) is 43.8 Å². The van der Waals surface area contributed by atoms with Crippen molar-refractivity contribution >= 4 is 41.5 Å². The van der Waals surface area contributed by atoms with E-state index in [1.807, 2.05) is 19.2 Å². The van der Waals surface area contributed by atoms with Crippen LogP contribution in [0.1, 0.15) is 32.4 Å². The molecule has 2 unspecified atom stereocenters. The average molecular weight is 495 g/mol. The fourth-order valence-electron chi connectivity index (χ4n) is 2.83. The van der Waals surface area contributed by atoms with Crippen molar-refractivity contribution in [2.75, 3.05) is 39.9 Å². The van der Waals surface area contributed by atoms with E-state index >= 15 is 0 Å². The summed E-state index contributed by atoms with van der Waals surface area (Å²) >= 11 is 6.22. The van der Waals surface area contributed by atoms with Crippen molar-refractivity contribution in [2.45, 2.75) is 32.9 Å². The number of morpholine rings is 1. The van der Waals surface area contributed by atoms with Gasteiger partial charge in [-0.3, -0.25) is 9.89 Å². The van der Waals surface area contributed by atoms with Crippen LogP contribution >= 0.6 is 35.6 Å². The molecule has 0 spiro atoms. The first-order valence-electron chi connectivity index (χ1n) is 9.05. The van der Waals surface area contributed by atoms with E-state index in [1.165, 1.54) is 5.56 Å². The first-order chi connectivity index (χ1) is 12.0. The van der Waals surface area contributed by atoms with Crippen molar-refractivity contribution in [3.05, 3.63) is 34.9 Å². The Morgan fingerprint density at radius 2 is 1.96 bits per heavy atom. The molecule has 0 aliphatic carbocycles. The van der Waals surface area contributed by atoms with E-state index in [-0.39, 0.29) is 30.0 Å². The molecule has 0 aromatic heterocycles. The van der Waals surface area contributed by atoms with Gasteiger partial charge in [0.2, 0.25) is 0 Å². The smallest absolute Gasteiger partial charge is 0.191 e. The monoisotopic (exact) mass is 494 g/mol. The molecular weight excluding hydrogens is 463 g/mol. The van der Waals surface area contributed by atoms with Crippen molar-refractivity contribution in [3.8, 4) is 0 Å². The summed E-state index contributed by atoms with van der Waals surface area (Å²) < 4.78 is 5.51. The zero-order chi connectivity index (χ0) is 18.2. The molecule has 1 fully saturated rings. The van der Waals surface area contributed by atoms with Crippen molar-refractivity contribution < 1.29 is 4.74 Å². The van der Waals surface area contributed by atoms with Gasteiger partial charge in [0.1, 0.15) is 0 Å². The first kappa shape index (κ1) is 23.5. The largest absolute Gasteiger partial charge is 0.379 e. The summed E-state index contributed by atoms with van der Waals surface area (Å²) in [5, 5.41) is 7.71. The lowest BCUT2D eigenvalue weighted by Gasteiger charge is -2.35. The van der Waals surface area contributed by atoms with E-state index in [1.54, 1.807) is 0 Å². The van der Waals surface area contributed by atoms with Crippen molar-refractivity contribution in [2.24, 2.45) is 10.9 Å². The summed E-state index contributed by atoms with van der Waals surface area (Å²) in [4.78, 5) is 6.81. The molecule has 5 nitrogen and oxygen atoms in total. The highest BCUT2D eigenvalue weighted by Crippen LogP contribution is 2.23. The van der Waals surface area contributed by atoms with Crippen LogP contribution in [0.25, 0.3) is 0 Å². The van der Waals surface area contributed by atoms with Gasteiger partial charge in [0, 0.05) is 37.7 Å². The Balaban J connectivity index is 0.00000338. The molecule has 1 aromatic carbocycles. The summed E-state index contributed by atoms with van der Waals surface area (Å²) in [5.74, 6) is 1.38. The normalized spacial score (nSPS) is 18.2. The average Bonchev–Trinajstić information content (AvgIpc) is 2.61. The standard InChI is InChI=1S/C19H31ClN4O.HI/c1-14(2)15(3)23-19(21-4)22-13-18(24-8-10-25-11-9-24)16-6-5-7-17(20)12-16;/h5-7,12,14-15,18H,8-11,13H2,1-4H3,(H2,21,22,23);1H. The third kappa shape index (κ3) is 7.21. The predicted octanol–water partition coefficient (Wildman–Crippen LogP) is 3.54. The number of nitrogens with one attached hydrogen (secondary N) is 2. The topological polar surface area (TPSA) is 48.9 Å². The van der Waals surface area contributed by atoms with Gasteiger partial charge in [-0.15, -0.1) is 24.0 Å². The highest BCUT2D eigenvalue weighted by Gasteiger charge is 2.23. The number of guanidine groups is 1. The molecule has 0 bridgehead atoms. The summed E-state index contributed by atoms with van der Waals surface area (Å²) in [6.45, 7) is 10.7. The van der Waals surface area contributed by atoms with Crippen LogP contribution in [0.3, 0.4) is 0 Å². The zero-order valence-electron chi connectivity index (χ0n) is 16.2. The molecule has 1 aromatic rings. The Hall–Kier alpha value is -0.570. The number of hydrogen-bond donors (Lipinski definition) is 2. The third-order valence-electron chi connectivity index (χ3n) is 4.77. The molecule has 2 atom stereocenters. The Bertz CT molecular complexity index is 564. The summed E-state index contributed by atoms with van der Waals surface area (Å²) in [5.41, 5.74) is 1.22. The van der Waals surface area contributed by atoms with E-state index < -0.39 is 0 Å². The Morgan fingerprint density at radius 3 is 2.54 bits per heavy atom. The Morgan fingerprint density at radius 1 is 1.27 bits per heavy atom. The summed E-state index contributed by atoms with van der Waals surface area (Å²) in [6.07, 6.45) is 0. The van der Waals surface area contributed by atoms with Crippen LogP contribution in [0, 0.1) is 5.92 Å². The van der Waals surface area contributed by atoms with Gasteiger partial charge in [-0.05, 0) is 30.5 Å². The van der Waals surface area contributed by atoms with E-state index in [2.05, 4.69) is 53.4 Å². The molecule has 1 saturated heterocycles. The maximum atomic E-state index is 6.22. The highest BCUT2D eigenvalue weighted by molar-refractivity contribution is 14.0. The minimum atomic E-state index is 0. The number of nitrogens with zero attached hydrogens (tertiary/aromatic N) is 2. The molecule has 0 saturated carbocycles. The molecule has 2 N–H and O–H groups in total. The van der Waals surface area contributed by atoms with Crippen LogP contribution in [-0.2, 0) is 4.74 Å². The number of halogens is 2. The van der Waals surface area contributed by atoms with Gasteiger partial charge in [0.15, 0.2) is 5.96 Å². The van der Waals surface area contributed by atoms with E-state index in [0.29, 0.717) is 12.0 Å². The molecule has 1 heterocycles. The van der Waals surface area contributed by atoms with Gasteiger partial charge in [0.25, 0.3) is 0 Å². The number of hydrogen-bond acceptors (Lipinski definition) is 3. The maximum absolute atomic E-state index is 6.22. The molecule has 148 valence electrons. The molecule has 2 rings (SSSR count). The van der Waals surface area contributed by atoms with Gasteiger partial charge in [-0.25, -0.2) is 0 Å². The first-order valence-corrected chi connectivity index (χ1v) is 9.43. The van der Waals surface area contributed by atoms with Crippen molar-refractivity contribution in [1.82, 2.24) is 15.5 Å². The molecular formula is C19H32ClIN4O. The minimum Gasteiger partial charge on any atom is -0.379 e. The molecule has 7 heteroatoms. The second-order valence-corrected chi connectivity index (χ2v) is 7.29. The fraction of sp³-hybridized carbons (Fsp3) is 0.632. The highest BCUT2D eigenvalue weighted by atomic mass is 127. The maximum Gasteiger partial charge on any atom is 0.191 e. The van der Waals surface area contributed by atoms with Gasteiger partial charge >= 0.3 is 0 Å². The number of aliphatic imine (C=N–C) groups is 1. The summed E-state index contributed by atoms with van der Waals surface area (Å²) in [7, 11) is 1.81. The van der Waals surface area contributed by atoms with Crippen LogP contribution in [0.4, 0.5) is 0 Å².